The Kier molecular flexibility index (Phi) is 8.92. The van der Waals surface area contributed by atoms with E-state index in [0.717, 1.165) is 52.4 Å². The van der Waals surface area contributed by atoms with Crippen molar-refractivity contribution in [2.45, 2.75) is 52.5 Å². The Morgan fingerprint density at radius 1 is 0.886 bits per heavy atom. The lowest BCUT2D eigenvalue weighted by molar-refractivity contribution is 0.0705. The van der Waals surface area contributed by atoms with Crippen molar-refractivity contribution in [3.63, 3.8) is 0 Å². The van der Waals surface area contributed by atoms with Gasteiger partial charge in [0.25, 0.3) is 5.91 Å². The number of hydrogen-bond donors (Lipinski definition) is 2. The maximum Gasteiger partial charge on any atom is 0.274 e. The number of piperazine rings is 2. The van der Waals surface area contributed by atoms with Crippen LogP contribution in [0.1, 0.15) is 47.8 Å². The van der Waals surface area contributed by atoms with Crippen LogP contribution in [0, 0.1) is 0 Å². The van der Waals surface area contributed by atoms with Crippen molar-refractivity contribution in [3.05, 3.63) is 70.8 Å². The fourth-order valence-corrected chi connectivity index (χ4v) is 5.29. The molecule has 2 heterocycles. The number of hydrogen-bond acceptors (Lipinski definition) is 6. The van der Waals surface area contributed by atoms with Crippen molar-refractivity contribution in [3.8, 4) is 0 Å². The molecule has 2 aromatic rings. The molecule has 0 aliphatic carbocycles. The summed E-state index contributed by atoms with van der Waals surface area (Å²) >= 11 is 0. The van der Waals surface area contributed by atoms with E-state index in [1.807, 2.05) is 12.1 Å². The van der Waals surface area contributed by atoms with Crippen LogP contribution >= 0.6 is 0 Å². The van der Waals surface area contributed by atoms with Crippen molar-refractivity contribution < 1.29 is 10.0 Å². The predicted molar refractivity (Wildman–Crippen MR) is 139 cm³/mol. The van der Waals surface area contributed by atoms with Gasteiger partial charge in [0.15, 0.2) is 0 Å². The second-order valence-electron chi connectivity index (χ2n) is 10.4. The Morgan fingerprint density at radius 3 is 2.14 bits per heavy atom. The number of rotatable bonds is 8. The summed E-state index contributed by atoms with van der Waals surface area (Å²) in [6, 6.07) is 17.7. The van der Waals surface area contributed by atoms with Gasteiger partial charge in [0.05, 0.1) is 0 Å². The van der Waals surface area contributed by atoms with Gasteiger partial charge in [0.1, 0.15) is 0 Å². The number of carbonyl (C=O) groups excluding carboxylic acids is 1. The predicted octanol–water partition coefficient (Wildman–Crippen LogP) is 3.04. The van der Waals surface area contributed by atoms with Gasteiger partial charge in [-0.2, -0.15) is 0 Å². The van der Waals surface area contributed by atoms with Crippen LogP contribution < -0.4 is 5.48 Å². The number of nitrogens with zero attached hydrogens (tertiary/aromatic N) is 4. The zero-order valence-corrected chi connectivity index (χ0v) is 21.5. The van der Waals surface area contributed by atoms with E-state index in [1.165, 1.54) is 29.8 Å². The maximum absolute atomic E-state index is 11.5. The molecule has 7 nitrogen and oxygen atoms in total. The Labute approximate surface area is 210 Å². The molecular weight excluding hydrogens is 438 g/mol. The molecule has 0 bridgehead atoms. The molecule has 1 amide bonds. The second-order valence-corrected chi connectivity index (χ2v) is 10.4. The van der Waals surface area contributed by atoms with Gasteiger partial charge >= 0.3 is 0 Å². The second kappa shape index (κ2) is 12.1. The summed E-state index contributed by atoms with van der Waals surface area (Å²) in [5.41, 5.74) is 6.16. The quantitative estimate of drug-likeness (QED) is 0.448. The first-order valence-corrected chi connectivity index (χ1v) is 13.0. The highest BCUT2D eigenvalue weighted by Crippen LogP contribution is 2.18. The lowest BCUT2D eigenvalue weighted by atomic mass is 10.1. The minimum absolute atomic E-state index is 0.467. The Hall–Kier alpha value is -2.29. The van der Waals surface area contributed by atoms with E-state index in [-0.39, 0.29) is 0 Å². The van der Waals surface area contributed by atoms with Crippen LogP contribution in [0.5, 0.6) is 0 Å². The van der Waals surface area contributed by atoms with Crippen LogP contribution in [0.2, 0.25) is 0 Å². The number of amides is 1. The van der Waals surface area contributed by atoms with Gasteiger partial charge < -0.3 is 0 Å². The first kappa shape index (κ1) is 25.8. The van der Waals surface area contributed by atoms with Gasteiger partial charge in [-0.15, -0.1) is 0 Å². The van der Waals surface area contributed by atoms with E-state index >= 15 is 0 Å². The lowest BCUT2D eigenvalue weighted by Gasteiger charge is -2.40. The van der Waals surface area contributed by atoms with E-state index in [2.05, 4.69) is 64.6 Å². The first-order chi connectivity index (χ1) is 16.9. The van der Waals surface area contributed by atoms with Gasteiger partial charge in [0, 0.05) is 83.1 Å². The number of nitrogens with one attached hydrogen (secondary N) is 1. The molecule has 2 aromatic carbocycles. The van der Waals surface area contributed by atoms with Crippen LogP contribution in [0.3, 0.4) is 0 Å². The number of benzene rings is 2. The molecule has 190 valence electrons. The largest absolute Gasteiger partial charge is 0.298 e. The zero-order chi connectivity index (χ0) is 24.8. The van der Waals surface area contributed by atoms with Crippen LogP contribution in [-0.2, 0) is 19.6 Å². The highest BCUT2D eigenvalue weighted by molar-refractivity contribution is 5.93. The highest BCUT2D eigenvalue weighted by Gasteiger charge is 2.24. The SMILES string of the molecule is CC(C)N1CCN(Cc2cccc(CN3CCN(Cc4ccc(C(=O)NO)cc4)CC3C)c2)CC1. The molecule has 0 spiro atoms. The summed E-state index contributed by atoms with van der Waals surface area (Å²) in [5, 5.41) is 8.78. The monoisotopic (exact) mass is 479 g/mol. The van der Waals surface area contributed by atoms with Gasteiger partial charge in [-0.05, 0) is 49.6 Å². The van der Waals surface area contributed by atoms with Crippen molar-refractivity contribution in [2.24, 2.45) is 0 Å². The summed E-state index contributed by atoms with van der Waals surface area (Å²) in [5.74, 6) is -0.475. The minimum atomic E-state index is -0.475. The summed E-state index contributed by atoms with van der Waals surface area (Å²) in [6.07, 6.45) is 0. The van der Waals surface area contributed by atoms with Crippen LogP contribution in [0.4, 0.5) is 0 Å². The Morgan fingerprint density at radius 2 is 1.51 bits per heavy atom. The van der Waals surface area contributed by atoms with Gasteiger partial charge in [-0.25, -0.2) is 5.48 Å². The molecular formula is C28H41N5O2. The standard InChI is InChI=1S/C28H41N5O2/c1-22(2)32-14-11-30(12-15-32)20-25-5-4-6-26(17-25)21-33-16-13-31(18-23(33)3)19-24-7-9-27(10-8-24)28(34)29-35/h4-10,17,22-23,35H,11-16,18-21H2,1-3H3,(H,29,34). The van der Waals surface area contributed by atoms with Crippen molar-refractivity contribution in [1.29, 1.82) is 0 Å². The number of hydroxylamine groups is 1. The number of carbonyl (C=O) groups is 1. The normalized spacial score (nSPS) is 20.9. The summed E-state index contributed by atoms with van der Waals surface area (Å²) in [6.45, 7) is 17.6. The van der Waals surface area contributed by atoms with Gasteiger partial charge in [0.2, 0.25) is 0 Å². The molecule has 0 radical (unpaired) electrons. The minimum Gasteiger partial charge on any atom is -0.298 e. The molecule has 35 heavy (non-hydrogen) atoms. The maximum atomic E-state index is 11.5. The molecule has 4 rings (SSSR count). The Bertz CT molecular complexity index is 956. The van der Waals surface area contributed by atoms with Crippen LogP contribution in [0.25, 0.3) is 0 Å². The third kappa shape index (κ3) is 7.12. The summed E-state index contributed by atoms with van der Waals surface area (Å²) < 4.78 is 0. The molecule has 1 atom stereocenters. The third-order valence-corrected chi connectivity index (χ3v) is 7.49. The molecule has 2 fully saturated rings. The smallest absolute Gasteiger partial charge is 0.274 e. The molecule has 1 unspecified atom stereocenters. The molecule has 2 aliphatic rings. The van der Waals surface area contributed by atoms with Gasteiger partial charge in [-0.3, -0.25) is 29.6 Å². The van der Waals surface area contributed by atoms with E-state index in [0.29, 0.717) is 17.6 Å². The van der Waals surface area contributed by atoms with E-state index in [4.69, 9.17) is 5.21 Å². The summed E-state index contributed by atoms with van der Waals surface area (Å²) in [7, 11) is 0. The van der Waals surface area contributed by atoms with Crippen molar-refractivity contribution >= 4 is 5.91 Å². The molecule has 2 N–H and O–H groups in total. The third-order valence-electron chi connectivity index (χ3n) is 7.49. The average Bonchev–Trinajstić information content (AvgIpc) is 2.86. The average molecular weight is 480 g/mol. The summed E-state index contributed by atoms with van der Waals surface area (Å²) in [4.78, 5) is 21.7. The van der Waals surface area contributed by atoms with Gasteiger partial charge in [-0.1, -0.05) is 36.4 Å². The van der Waals surface area contributed by atoms with Crippen molar-refractivity contribution in [2.75, 3.05) is 45.8 Å². The molecule has 0 aromatic heterocycles. The van der Waals surface area contributed by atoms with E-state index in [1.54, 1.807) is 17.6 Å². The molecule has 2 saturated heterocycles. The molecule has 0 saturated carbocycles. The molecule has 7 heteroatoms. The lowest BCUT2D eigenvalue weighted by Crippen LogP contribution is -2.50. The highest BCUT2D eigenvalue weighted by atomic mass is 16.5. The van der Waals surface area contributed by atoms with E-state index in [9.17, 15) is 4.79 Å². The van der Waals surface area contributed by atoms with Crippen LogP contribution in [0.15, 0.2) is 48.5 Å². The fraction of sp³-hybridized carbons (Fsp3) is 0.536. The zero-order valence-electron chi connectivity index (χ0n) is 21.5. The topological polar surface area (TPSA) is 62.3 Å². The fourth-order valence-electron chi connectivity index (χ4n) is 5.29. The van der Waals surface area contributed by atoms with E-state index < -0.39 is 5.91 Å². The van der Waals surface area contributed by atoms with Crippen LogP contribution in [-0.4, -0.2) is 88.6 Å². The van der Waals surface area contributed by atoms with Crippen molar-refractivity contribution in [1.82, 2.24) is 25.1 Å². The molecule has 2 aliphatic heterocycles. The first-order valence-electron chi connectivity index (χ1n) is 13.0. The Balaban J connectivity index is 1.26.